The maximum Gasteiger partial charge on any atom is 0.243 e. The molecule has 31 heavy (non-hydrogen) atoms. The van der Waals surface area contributed by atoms with Crippen molar-refractivity contribution in [1.29, 1.82) is 0 Å². The maximum absolute atomic E-state index is 12.9. The Bertz CT molecular complexity index is 1060. The van der Waals surface area contributed by atoms with E-state index in [2.05, 4.69) is 16.4 Å². The fourth-order valence-corrected chi connectivity index (χ4v) is 4.30. The summed E-state index contributed by atoms with van der Waals surface area (Å²) in [6, 6.07) is 15.8. The molecule has 0 spiro atoms. The van der Waals surface area contributed by atoms with Gasteiger partial charge in [0.2, 0.25) is 11.8 Å². The number of benzene rings is 2. The molecule has 1 N–H and O–H groups in total. The average Bonchev–Trinajstić information content (AvgIpc) is 3.21. The number of hydrogen-bond donors (Lipinski definition) is 1. The van der Waals surface area contributed by atoms with Gasteiger partial charge in [-0.1, -0.05) is 49.0 Å². The normalized spacial score (nSPS) is 11.7. The first-order chi connectivity index (χ1) is 14.9. The predicted octanol–water partition coefficient (Wildman–Crippen LogP) is 4.32. The first-order valence-corrected chi connectivity index (χ1v) is 11.2. The lowest BCUT2D eigenvalue weighted by atomic mass is 10.1. The van der Waals surface area contributed by atoms with Crippen LogP contribution in [0.2, 0.25) is 0 Å². The number of likely N-dealkylation sites (N-methyl/N-ethyl adjacent to an activating group) is 1. The molecule has 0 aliphatic heterocycles. The van der Waals surface area contributed by atoms with Crippen LogP contribution in [0, 0.1) is 6.92 Å². The van der Waals surface area contributed by atoms with Crippen LogP contribution in [0.15, 0.2) is 66.1 Å². The largest absolute Gasteiger partial charge is 0.335 e. The van der Waals surface area contributed by atoms with Crippen molar-refractivity contribution in [2.45, 2.75) is 37.6 Å². The molecule has 3 rings (SSSR count). The minimum Gasteiger partial charge on any atom is -0.335 e. The van der Waals surface area contributed by atoms with Gasteiger partial charge in [-0.25, -0.2) is 4.98 Å². The van der Waals surface area contributed by atoms with Crippen molar-refractivity contribution < 1.29 is 9.59 Å². The number of anilines is 1. The van der Waals surface area contributed by atoms with Gasteiger partial charge in [0.1, 0.15) is 0 Å². The lowest BCUT2D eigenvalue weighted by molar-refractivity contribution is -0.132. The molecule has 6 nitrogen and oxygen atoms in total. The topological polar surface area (TPSA) is 67.2 Å². The fourth-order valence-electron chi connectivity index (χ4n) is 3.30. The molecule has 0 aliphatic rings. The molecule has 1 atom stereocenters. The number of thioether (sulfide) groups is 1. The maximum atomic E-state index is 12.9. The van der Waals surface area contributed by atoms with Crippen molar-refractivity contribution >= 4 is 29.3 Å². The van der Waals surface area contributed by atoms with Crippen molar-refractivity contribution in [2.24, 2.45) is 0 Å². The van der Waals surface area contributed by atoms with Gasteiger partial charge >= 0.3 is 0 Å². The van der Waals surface area contributed by atoms with E-state index in [1.165, 1.54) is 16.7 Å². The molecule has 1 aromatic heterocycles. The zero-order valence-electron chi connectivity index (χ0n) is 18.3. The molecular formula is C24H28N4O2S. The molecule has 0 saturated carbocycles. The Kier molecular flexibility index (Phi) is 7.52. The number of carbonyl (C=O) groups is 2. The standard InChI is InChI=1S/C24H28N4O2S/c1-5-19-10-6-7-12-21(19)26-22(29)16-27(4)23(30)18(3)31-24-25-13-14-28(24)20-11-8-9-17(2)15-20/h6-15,18H,5,16H2,1-4H3,(H,26,29)/t18-/m1/s1. The molecule has 162 valence electrons. The van der Waals surface area contributed by atoms with Gasteiger partial charge < -0.3 is 10.2 Å². The lowest BCUT2D eigenvalue weighted by Crippen LogP contribution is -2.39. The molecule has 3 aromatic rings. The van der Waals surface area contributed by atoms with E-state index in [0.717, 1.165) is 34.1 Å². The summed E-state index contributed by atoms with van der Waals surface area (Å²) in [6.07, 6.45) is 4.44. The van der Waals surface area contributed by atoms with Crippen LogP contribution in [0.3, 0.4) is 0 Å². The molecule has 0 fully saturated rings. The first kappa shape index (κ1) is 22.6. The number of imidazole rings is 1. The highest BCUT2D eigenvalue weighted by molar-refractivity contribution is 8.00. The van der Waals surface area contributed by atoms with Gasteiger partial charge in [-0.2, -0.15) is 0 Å². The van der Waals surface area contributed by atoms with Crippen molar-refractivity contribution in [3.63, 3.8) is 0 Å². The van der Waals surface area contributed by atoms with Gasteiger partial charge in [0.15, 0.2) is 5.16 Å². The minimum atomic E-state index is -0.383. The Morgan fingerprint density at radius 3 is 2.71 bits per heavy atom. The SMILES string of the molecule is CCc1ccccc1NC(=O)CN(C)C(=O)[C@@H](C)Sc1nccn1-c1cccc(C)c1. The quantitative estimate of drug-likeness (QED) is 0.534. The molecule has 0 bridgehead atoms. The Morgan fingerprint density at radius 1 is 1.19 bits per heavy atom. The van der Waals surface area contributed by atoms with Gasteiger partial charge in [0.05, 0.1) is 11.8 Å². The van der Waals surface area contributed by atoms with E-state index >= 15 is 0 Å². The van der Waals surface area contributed by atoms with Gasteiger partial charge in [-0.3, -0.25) is 14.2 Å². The van der Waals surface area contributed by atoms with Crippen LogP contribution >= 0.6 is 11.8 Å². The van der Waals surface area contributed by atoms with Crippen LogP contribution in [0.25, 0.3) is 5.69 Å². The third kappa shape index (κ3) is 5.76. The zero-order chi connectivity index (χ0) is 22.4. The summed E-state index contributed by atoms with van der Waals surface area (Å²) in [7, 11) is 1.65. The summed E-state index contributed by atoms with van der Waals surface area (Å²) in [6.45, 7) is 5.91. The van der Waals surface area contributed by atoms with E-state index in [0.29, 0.717) is 0 Å². The van der Waals surface area contributed by atoms with E-state index < -0.39 is 0 Å². The molecule has 2 aromatic carbocycles. The van der Waals surface area contributed by atoms with Crippen molar-refractivity contribution in [1.82, 2.24) is 14.5 Å². The van der Waals surface area contributed by atoms with Gasteiger partial charge in [0, 0.05) is 30.8 Å². The molecule has 1 heterocycles. The number of rotatable bonds is 8. The summed E-state index contributed by atoms with van der Waals surface area (Å²) >= 11 is 1.38. The number of nitrogens with one attached hydrogen (secondary N) is 1. The predicted molar refractivity (Wildman–Crippen MR) is 126 cm³/mol. The number of hydrogen-bond acceptors (Lipinski definition) is 4. The van der Waals surface area contributed by atoms with Crippen LogP contribution in [0.5, 0.6) is 0 Å². The highest BCUT2D eigenvalue weighted by Gasteiger charge is 2.23. The molecule has 0 saturated heterocycles. The highest BCUT2D eigenvalue weighted by Crippen LogP contribution is 2.26. The summed E-state index contributed by atoms with van der Waals surface area (Å²) in [5, 5.41) is 3.27. The molecule has 0 aliphatic carbocycles. The second-order valence-electron chi connectivity index (χ2n) is 7.43. The van der Waals surface area contributed by atoms with Crippen LogP contribution in [0.1, 0.15) is 25.0 Å². The van der Waals surface area contributed by atoms with E-state index in [-0.39, 0.29) is 23.6 Å². The average molecular weight is 437 g/mol. The molecular weight excluding hydrogens is 408 g/mol. The van der Waals surface area contributed by atoms with Gasteiger partial charge in [-0.05, 0) is 49.6 Å². The van der Waals surface area contributed by atoms with Crippen molar-refractivity contribution in [3.8, 4) is 5.69 Å². The number of carbonyl (C=O) groups excluding carboxylic acids is 2. The lowest BCUT2D eigenvalue weighted by Gasteiger charge is -2.21. The van der Waals surface area contributed by atoms with Gasteiger partial charge in [0.25, 0.3) is 0 Å². The molecule has 7 heteroatoms. The van der Waals surface area contributed by atoms with E-state index in [1.807, 2.05) is 74.0 Å². The van der Waals surface area contributed by atoms with Gasteiger partial charge in [-0.15, -0.1) is 0 Å². The van der Waals surface area contributed by atoms with Crippen molar-refractivity contribution in [2.75, 3.05) is 18.9 Å². The molecule has 2 amide bonds. The van der Waals surface area contributed by atoms with E-state index in [4.69, 9.17) is 0 Å². The summed E-state index contributed by atoms with van der Waals surface area (Å²) in [4.78, 5) is 31.2. The van der Waals surface area contributed by atoms with Crippen LogP contribution < -0.4 is 5.32 Å². The number of nitrogens with zero attached hydrogens (tertiary/aromatic N) is 3. The van der Waals surface area contributed by atoms with Crippen molar-refractivity contribution in [3.05, 3.63) is 72.1 Å². The Labute approximate surface area is 187 Å². The van der Waals surface area contributed by atoms with Crippen LogP contribution in [-0.2, 0) is 16.0 Å². The third-order valence-electron chi connectivity index (χ3n) is 4.95. The fraction of sp³-hybridized carbons (Fsp3) is 0.292. The van der Waals surface area contributed by atoms with Crippen LogP contribution in [-0.4, -0.2) is 45.1 Å². The Morgan fingerprint density at radius 2 is 1.97 bits per heavy atom. The summed E-state index contributed by atoms with van der Waals surface area (Å²) in [5.74, 6) is -0.335. The third-order valence-corrected chi connectivity index (χ3v) is 6.01. The second-order valence-corrected chi connectivity index (χ2v) is 8.74. The zero-order valence-corrected chi connectivity index (χ0v) is 19.1. The van der Waals surface area contributed by atoms with E-state index in [9.17, 15) is 9.59 Å². The minimum absolute atomic E-state index is 0.00585. The monoisotopic (exact) mass is 436 g/mol. The second kappa shape index (κ2) is 10.3. The molecule has 0 unspecified atom stereocenters. The highest BCUT2D eigenvalue weighted by atomic mass is 32.2. The summed E-state index contributed by atoms with van der Waals surface area (Å²) < 4.78 is 1.97. The van der Waals surface area contributed by atoms with E-state index in [1.54, 1.807) is 13.2 Å². The number of aryl methyl sites for hydroxylation is 2. The summed E-state index contributed by atoms with van der Waals surface area (Å²) in [5.41, 5.74) is 4.01. The molecule has 0 radical (unpaired) electrons. The number of para-hydroxylation sites is 1. The number of aromatic nitrogens is 2. The van der Waals surface area contributed by atoms with Crippen LogP contribution in [0.4, 0.5) is 5.69 Å². The Hall–Kier alpha value is -3.06. The first-order valence-electron chi connectivity index (χ1n) is 10.3. The Balaban J connectivity index is 1.61. The smallest absolute Gasteiger partial charge is 0.243 e. The number of amides is 2.